The highest BCUT2D eigenvalue weighted by molar-refractivity contribution is 6.45. The van der Waals surface area contributed by atoms with Crippen molar-refractivity contribution in [2.75, 3.05) is 32.1 Å². The largest absolute Gasteiger partial charge is 0.366 e. The standard InChI is InChI=1S/C23H23FN4O4/c1-25-13-11-16(12-14-25)26(2)21-20(15-7-9-17(10-8-15)28(31)32)22(29)27(23(21)30)19-6-4-3-5-18(19)24/h3-10,16H,11-14H2,1-2H3. The van der Waals surface area contributed by atoms with Crippen molar-refractivity contribution in [2.45, 2.75) is 18.9 Å². The average molecular weight is 438 g/mol. The molecule has 8 nitrogen and oxygen atoms in total. The number of benzene rings is 2. The number of halogens is 1. The lowest BCUT2D eigenvalue weighted by atomic mass is 10.00. The Morgan fingerprint density at radius 1 is 1.03 bits per heavy atom. The van der Waals surface area contributed by atoms with E-state index in [4.69, 9.17) is 0 Å². The molecule has 32 heavy (non-hydrogen) atoms. The quantitative estimate of drug-likeness (QED) is 0.405. The highest BCUT2D eigenvalue weighted by Crippen LogP contribution is 2.37. The molecule has 2 aromatic rings. The van der Waals surface area contributed by atoms with Crippen LogP contribution in [0.3, 0.4) is 0 Å². The number of para-hydroxylation sites is 1. The predicted molar refractivity (Wildman–Crippen MR) is 117 cm³/mol. The molecule has 0 aliphatic carbocycles. The van der Waals surface area contributed by atoms with Crippen LogP contribution < -0.4 is 4.90 Å². The Hall–Kier alpha value is -3.59. The number of imide groups is 1. The van der Waals surface area contributed by atoms with Gasteiger partial charge in [-0.3, -0.25) is 19.7 Å². The number of piperidine rings is 1. The third-order valence-corrected chi connectivity index (χ3v) is 6.11. The molecule has 2 aromatic carbocycles. The highest BCUT2D eigenvalue weighted by Gasteiger charge is 2.44. The Bertz CT molecular complexity index is 1110. The van der Waals surface area contributed by atoms with Crippen LogP contribution in [0.1, 0.15) is 18.4 Å². The van der Waals surface area contributed by atoms with Crippen LogP contribution in [-0.4, -0.2) is 59.8 Å². The zero-order chi connectivity index (χ0) is 23.0. The van der Waals surface area contributed by atoms with Gasteiger partial charge >= 0.3 is 0 Å². The lowest BCUT2D eigenvalue weighted by Gasteiger charge is -2.36. The first-order valence-corrected chi connectivity index (χ1v) is 10.3. The summed E-state index contributed by atoms with van der Waals surface area (Å²) >= 11 is 0. The number of hydrogen-bond acceptors (Lipinski definition) is 6. The monoisotopic (exact) mass is 438 g/mol. The van der Waals surface area contributed by atoms with Gasteiger partial charge in [-0.25, -0.2) is 9.29 Å². The lowest BCUT2D eigenvalue weighted by molar-refractivity contribution is -0.384. The van der Waals surface area contributed by atoms with Gasteiger partial charge in [0.2, 0.25) is 0 Å². The molecule has 1 fully saturated rings. The van der Waals surface area contributed by atoms with E-state index in [1.807, 2.05) is 11.9 Å². The number of amides is 2. The normalized spacial score (nSPS) is 17.9. The van der Waals surface area contributed by atoms with Crippen molar-refractivity contribution in [1.29, 1.82) is 0 Å². The molecule has 9 heteroatoms. The van der Waals surface area contributed by atoms with Crippen LogP contribution in [0.4, 0.5) is 15.8 Å². The Balaban J connectivity index is 1.80. The number of nitro benzene ring substituents is 1. The molecule has 2 heterocycles. The Labute approximate surface area is 184 Å². The number of non-ortho nitro benzene ring substituents is 1. The number of anilines is 1. The minimum atomic E-state index is -0.680. The summed E-state index contributed by atoms with van der Waals surface area (Å²) in [6.07, 6.45) is 1.62. The molecule has 0 aromatic heterocycles. The Kier molecular flexibility index (Phi) is 5.75. The van der Waals surface area contributed by atoms with Crippen LogP contribution in [0.5, 0.6) is 0 Å². The fourth-order valence-corrected chi connectivity index (χ4v) is 4.27. The summed E-state index contributed by atoms with van der Waals surface area (Å²) in [6, 6.07) is 11.1. The first-order chi connectivity index (χ1) is 15.3. The van der Waals surface area contributed by atoms with Gasteiger partial charge < -0.3 is 9.80 Å². The van der Waals surface area contributed by atoms with E-state index in [9.17, 15) is 24.1 Å². The van der Waals surface area contributed by atoms with E-state index < -0.39 is 22.6 Å². The van der Waals surface area contributed by atoms with E-state index >= 15 is 0 Å². The third-order valence-electron chi connectivity index (χ3n) is 6.11. The van der Waals surface area contributed by atoms with Gasteiger partial charge in [-0.15, -0.1) is 0 Å². The maximum absolute atomic E-state index is 14.5. The number of nitro groups is 1. The van der Waals surface area contributed by atoms with Crippen molar-refractivity contribution in [3.63, 3.8) is 0 Å². The number of hydrogen-bond donors (Lipinski definition) is 0. The van der Waals surface area contributed by atoms with Crippen molar-refractivity contribution in [1.82, 2.24) is 9.80 Å². The molecule has 0 atom stereocenters. The van der Waals surface area contributed by atoms with Crippen LogP contribution in [0.2, 0.25) is 0 Å². The van der Waals surface area contributed by atoms with Crippen molar-refractivity contribution < 1.29 is 18.9 Å². The molecule has 2 aliphatic heterocycles. The molecule has 0 spiro atoms. The van der Waals surface area contributed by atoms with Gasteiger partial charge in [0, 0.05) is 25.2 Å². The summed E-state index contributed by atoms with van der Waals surface area (Å²) in [5.74, 6) is -1.93. The molecular formula is C23H23FN4O4. The third kappa shape index (κ3) is 3.75. The van der Waals surface area contributed by atoms with Crippen LogP contribution in [-0.2, 0) is 9.59 Å². The summed E-state index contributed by atoms with van der Waals surface area (Å²) in [5.41, 5.74) is 0.440. The lowest BCUT2D eigenvalue weighted by Crippen LogP contribution is -2.43. The van der Waals surface area contributed by atoms with Gasteiger partial charge in [0.05, 0.1) is 16.2 Å². The van der Waals surface area contributed by atoms with Crippen LogP contribution >= 0.6 is 0 Å². The van der Waals surface area contributed by atoms with Crippen LogP contribution in [0.25, 0.3) is 5.57 Å². The molecule has 0 unspecified atom stereocenters. The van der Waals surface area contributed by atoms with E-state index in [2.05, 4.69) is 4.90 Å². The van der Waals surface area contributed by atoms with Gasteiger partial charge in [0.25, 0.3) is 17.5 Å². The Morgan fingerprint density at radius 2 is 1.66 bits per heavy atom. The molecule has 0 N–H and O–H groups in total. The number of likely N-dealkylation sites (N-methyl/N-ethyl adjacent to an activating group) is 1. The second-order valence-corrected chi connectivity index (χ2v) is 8.07. The van der Waals surface area contributed by atoms with Crippen LogP contribution in [0.15, 0.2) is 54.2 Å². The average Bonchev–Trinajstić information content (AvgIpc) is 3.04. The number of carbonyl (C=O) groups is 2. The molecular weight excluding hydrogens is 415 g/mol. The minimum absolute atomic E-state index is 0.0339. The van der Waals surface area contributed by atoms with E-state index in [-0.39, 0.29) is 28.7 Å². The minimum Gasteiger partial charge on any atom is -0.366 e. The first kappa shape index (κ1) is 21.6. The van der Waals surface area contributed by atoms with E-state index in [1.54, 1.807) is 13.1 Å². The summed E-state index contributed by atoms with van der Waals surface area (Å²) in [7, 11) is 3.80. The molecule has 0 radical (unpaired) electrons. The number of likely N-dealkylation sites (tertiary alicyclic amines) is 1. The van der Waals surface area contributed by atoms with Crippen molar-refractivity contribution >= 4 is 28.8 Å². The molecule has 2 aliphatic rings. The summed E-state index contributed by atoms with van der Waals surface area (Å²) in [4.78, 5) is 42.3. The summed E-state index contributed by atoms with van der Waals surface area (Å²) in [6.45, 7) is 1.71. The molecule has 166 valence electrons. The van der Waals surface area contributed by atoms with E-state index in [0.717, 1.165) is 30.8 Å². The van der Waals surface area contributed by atoms with E-state index in [1.165, 1.54) is 42.5 Å². The van der Waals surface area contributed by atoms with Gasteiger partial charge in [-0.1, -0.05) is 12.1 Å². The predicted octanol–water partition coefficient (Wildman–Crippen LogP) is 3.04. The van der Waals surface area contributed by atoms with Gasteiger partial charge in [-0.2, -0.15) is 0 Å². The van der Waals surface area contributed by atoms with Crippen LogP contribution in [0, 0.1) is 15.9 Å². The fourth-order valence-electron chi connectivity index (χ4n) is 4.27. The topological polar surface area (TPSA) is 87.0 Å². The fraction of sp³-hybridized carbons (Fsp3) is 0.304. The SMILES string of the molecule is CN1CCC(N(C)C2=C(c3ccc([N+](=O)[O-])cc3)C(=O)N(c3ccccc3F)C2=O)CC1. The maximum atomic E-state index is 14.5. The molecule has 0 saturated carbocycles. The summed E-state index contributed by atoms with van der Waals surface area (Å²) < 4.78 is 14.5. The van der Waals surface area contributed by atoms with E-state index in [0.29, 0.717) is 5.56 Å². The van der Waals surface area contributed by atoms with Gasteiger partial charge in [-0.05, 0) is 62.8 Å². The number of nitrogens with zero attached hydrogens (tertiary/aromatic N) is 4. The molecule has 1 saturated heterocycles. The first-order valence-electron chi connectivity index (χ1n) is 10.3. The van der Waals surface area contributed by atoms with Crippen molar-refractivity contribution in [2.24, 2.45) is 0 Å². The summed E-state index contributed by atoms with van der Waals surface area (Å²) in [5, 5.41) is 11.0. The maximum Gasteiger partial charge on any atom is 0.282 e. The molecule has 4 rings (SSSR count). The Morgan fingerprint density at radius 3 is 2.25 bits per heavy atom. The second kappa shape index (κ2) is 8.51. The van der Waals surface area contributed by atoms with Gasteiger partial charge in [0.1, 0.15) is 11.5 Å². The smallest absolute Gasteiger partial charge is 0.282 e. The zero-order valence-electron chi connectivity index (χ0n) is 17.8. The van der Waals surface area contributed by atoms with Gasteiger partial charge in [0.15, 0.2) is 0 Å². The van der Waals surface area contributed by atoms with Crippen molar-refractivity contribution in [3.8, 4) is 0 Å². The number of carbonyl (C=O) groups excluding carboxylic acids is 2. The van der Waals surface area contributed by atoms with Crippen molar-refractivity contribution in [3.05, 3.63) is 75.7 Å². The zero-order valence-corrected chi connectivity index (χ0v) is 17.8. The molecule has 0 bridgehead atoms. The highest BCUT2D eigenvalue weighted by atomic mass is 19.1. The second-order valence-electron chi connectivity index (χ2n) is 8.07. The molecule has 2 amide bonds. The number of rotatable bonds is 5.